The van der Waals surface area contributed by atoms with Crippen molar-refractivity contribution in [2.45, 2.75) is 0 Å². The number of rotatable bonds is 3. The van der Waals surface area contributed by atoms with Gasteiger partial charge >= 0.3 is 0 Å². The van der Waals surface area contributed by atoms with Crippen LogP contribution < -0.4 is 16.6 Å². The summed E-state index contributed by atoms with van der Waals surface area (Å²) in [5, 5.41) is 5.38. The highest BCUT2D eigenvalue weighted by molar-refractivity contribution is 9.10. The number of nitrogens with zero attached hydrogens (tertiary/aromatic N) is 3. The van der Waals surface area contributed by atoms with Gasteiger partial charge in [0.25, 0.3) is 0 Å². The van der Waals surface area contributed by atoms with Crippen molar-refractivity contribution in [1.29, 1.82) is 0 Å². The summed E-state index contributed by atoms with van der Waals surface area (Å²) in [5.74, 6) is 6.30. The third-order valence-corrected chi connectivity index (χ3v) is 3.39. The Morgan fingerprint density at radius 2 is 2.05 bits per heavy atom. The topological polar surface area (TPSA) is 88.8 Å². The molecule has 0 aliphatic rings. The molecule has 0 amide bonds. The summed E-state index contributed by atoms with van der Waals surface area (Å²) < 4.78 is 0.748. The number of aromatic nitrogens is 3. The van der Waals surface area contributed by atoms with Crippen LogP contribution >= 0.6 is 15.9 Å². The van der Waals surface area contributed by atoms with Crippen LogP contribution in [0.3, 0.4) is 0 Å². The molecule has 20 heavy (non-hydrogen) atoms. The lowest BCUT2D eigenvalue weighted by atomic mass is 10.1. The van der Waals surface area contributed by atoms with Crippen LogP contribution in [-0.2, 0) is 0 Å². The highest BCUT2D eigenvalue weighted by atomic mass is 79.9. The Morgan fingerprint density at radius 3 is 2.90 bits per heavy atom. The van der Waals surface area contributed by atoms with Gasteiger partial charge in [0.2, 0.25) is 5.95 Å². The van der Waals surface area contributed by atoms with E-state index in [1.165, 1.54) is 0 Å². The second-order valence-electron chi connectivity index (χ2n) is 4.06. The van der Waals surface area contributed by atoms with Crippen molar-refractivity contribution < 1.29 is 0 Å². The average Bonchev–Trinajstić information content (AvgIpc) is 2.50. The minimum absolute atomic E-state index is 0.342. The first kappa shape index (κ1) is 12.8. The van der Waals surface area contributed by atoms with E-state index in [1.54, 1.807) is 12.4 Å². The van der Waals surface area contributed by atoms with Crippen LogP contribution in [-0.4, -0.2) is 15.0 Å². The molecule has 3 aromatic rings. The van der Waals surface area contributed by atoms with Crippen molar-refractivity contribution in [3.8, 4) is 0 Å². The minimum atomic E-state index is 0.342. The molecule has 6 nitrogen and oxygen atoms in total. The molecule has 7 heteroatoms. The number of hydrogen-bond acceptors (Lipinski definition) is 6. The van der Waals surface area contributed by atoms with Crippen LogP contribution in [0.4, 0.5) is 17.5 Å². The van der Waals surface area contributed by atoms with Crippen molar-refractivity contribution in [3.63, 3.8) is 0 Å². The summed E-state index contributed by atoms with van der Waals surface area (Å²) in [6.45, 7) is 0. The number of benzene rings is 1. The van der Waals surface area contributed by atoms with Crippen molar-refractivity contribution in [2.75, 3.05) is 10.7 Å². The first-order chi connectivity index (χ1) is 9.78. The standard InChI is InChI=1S/C13H11BrN6/c14-10-7-17-13(20-15)19-12(10)18-11-3-1-2-8-4-5-16-6-9(8)11/h1-7H,15H2,(H2,17,18,19,20). The fourth-order valence-electron chi connectivity index (χ4n) is 1.87. The third kappa shape index (κ3) is 2.40. The van der Waals surface area contributed by atoms with Crippen molar-refractivity contribution >= 4 is 44.2 Å². The van der Waals surface area contributed by atoms with Crippen LogP contribution in [0.1, 0.15) is 0 Å². The molecule has 0 spiro atoms. The average molecular weight is 331 g/mol. The fourth-order valence-corrected chi connectivity index (χ4v) is 2.16. The molecule has 0 aliphatic heterocycles. The Hall–Kier alpha value is -2.25. The molecule has 0 bridgehead atoms. The summed E-state index contributed by atoms with van der Waals surface area (Å²) >= 11 is 3.41. The largest absolute Gasteiger partial charge is 0.339 e. The van der Waals surface area contributed by atoms with Crippen LogP contribution in [0, 0.1) is 0 Å². The van der Waals surface area contributed by atoms with Gasteiger partial charge in [0, 0.05) is 29.7 Å². The number of hydrogen-bond donors (Lipinski definition) is 3. The number of pyridine rings is 1. The molecule has 2 aromatic heterocycles. The predicted molar refractivity (Wildman–Crippen MR) is 82.6 cm³/mol. The van der Waals surface area contributed by atoms with Gasteiger partial charge in [-0.2, -0.15) is 4.98 Å². The van der Waals surface area contributed by atoms with Gasteiger partial charge in [0.05, 0.1) is 4.47 Å². The lowest BCUT2D eigenvalue weighted by Crippen LogP contribution is -2.11. The number of anilines is 3. The molecule has 0 radical (unpaired) electrons. The van der Waals surface area contributed by atoms with E-state index >= 15 is 0 Å². The van der Waals surface area contributed by atoms with Gasteiger partial charge in [-0.15, -0.1) is 0 Å². The van der Waals surface area contributed by atoms with E-state index in [4.69, 9.17) is 5.84 Å². The number of halogens is 1. The smallest absolute Gasteiger partial charge is 0.239 e. The maximum atomic E-state index is 5.32. The molecule has 0 atom stereocenters. The van der Waals surface area contributed by atoms with Gasteiger partial charge in [0.15, 0.2) is 0 Å². The van der Waals surface area contributed by atoms with E-state index in [0.29, 0.717) is 11.8 Å². The van der Waals surface area contributed by atoms with Crippen molar-refractivity contribution in [3.05, 3.63) is 47.3 Å². The number of nitrogens with two attached hydrogens (primary N) is 1. The summed E-state index contributed by atoms with van der Waals surface area (Å²) in [6, 6.07) is 7.93. The molecule has 2 heterocycles. The van der Waals surface area contributed by atoms with Gasteiger partial charge in [0.1, 0.15) is 5.82 Å². The Kier molecular flexibility index (Phi) is 3.44. The molecular formula is C13H11BrN6. The van der Waals surface area contributed by atoms with Gasteiger partial charge < -0.3 is 5.32 Å². The number of nitrogens with one attached hydrogen (secondary N) is 2. The highest BCUT2D eigenvalue weighted by Crippen LogP contribution is 2.28. The van der Waals surface area contributed by atoms with Crippen LogP contribution in [0.25, 0.3) is 10.8 Å². The van der Waals surface area contributed by atoms with Gasteiger partial charge in [-0.3, -0.25) is 10.4 Å². The van der Waals surface area contributed by atoms with Gasteiger partial charge in [-0.05, 0) is 33.4 Å². The van der Waals surface area contributed by atoms with E-state index in [-0.39, 0.29) is 0 Å². The SMILES string of the molecule is NNc1ncc(Br)c(Nc2cccc3ccncc23)n1. The second-order valence-corrected chi connectivity index (χ2v) is 4.92. The molecule has 0 fully saturated rings. The molecule has 0 saturated carbocycles. The zero-order valence-corrected chi connectivity index (χ0v) is 11.9. The highest BCUT2D eigenvalue weighted by Gasteiger charge is 2.07. The van der Waals surface area contributed by atoms with E-state index in [9.17, 15) is 0 Å². The first-order valence-electron chi connectivity index (χ1n) is 5.87. The third-order valence-electron chi connectivity index (χ3n) is 2.81. The summed E-state index contributed by atoms with van der Waals surface area (Å²) in [6.07, 6.45) is 5.21. The summed E-state index contributed by atoms with van der Waals surface area (Å²) in [4.78, 5) is 12.4. The summed E-state index contributed by atoms with van der Waals surface area (Å²) in [7, 11) is 0. The van der Waals surface area contributed by atoms with E-state index in [1.807, 2.05) is 30.5 Å². The number of nitrogen functional groups attached to an aromatic ring is 1. The number of fused-ring (bicyclic) bond motifs is 1. The second kappa shape index (κ2) is 5.40. The van der Waals surface area contributed by atoms with Crippen LogP contribution in [0.2, 0.25) is 0 Å². The zero-order valence-electron chi connectivity index (χ0n) is 10.3. The van der Waals surface area contributed by atoms with E-state index < -0.39 is 0 Å². The molecule has 1 aromatic carbocycles. The van der Waals surface area contributed by atoms with Crippen LogP contribution in [0.15, 0.2) is 47.3 Å². The molecule has 0 unspecified atom stereocenters. The van der Waals surface area contributed by atoms with Crippen LogP contribution in [0.5, 0.6) is 0 Å². The molecule has 100 valence electrons. The monoisotopic (exact) mass is 330 g/mol. The van der Waals surface area contributed by atoms with E-state index in [2.05, 4.69) is 41.6 Å². The van der Waals surface area contributed by atoms with Crippen molar-refractivity contribution in [2.24, 2.45) is 5.84 Å². The normalized spacial score (nSPS) is 10.5. The maximum absolute atomic E-state index is 5.32. The zero-order chi connectivity index (χ0) is 13.9. The lowest BCUT2D eigenvalue weighted by Gasteiger charge is -2.11. The Morgan fingerprint density at radius 1 is 1.15 bits per heavy atom. The lowest BCUT2D eigenvalue weighted by molar-refractivity contribution is 1.11. The first-order valence-corrected chi connectivity index (χ1v) is 6.66. The Balaban J connectivity index is 2.05. The molecular weight excluding hydrogens is 320 g/mol. The Labute approximate surface area is 123 Å². The van der Waals surface area contributed by atoms with Gasteiger partial charge in [-0.25, -0.2) is 10.8 Å². The fraction of sp³-hybridized carbons (Fsp3) is 0. The summed E-state index contributed by atoms with van der Waals surface area (Å²) in [5.41, 5.74) is 3.34. The molecule has 3 rings (SSSR count). The van der Waals surface area contributed by atoms with Crippen molar-refractivity contribution in [1.82, 2.24) is 15.0 Å². The van der Waals surface area contributed by atoms with Gasteiger partial charge in [-0.1, -0.05) is 12.1 Å². The molecule has 0 aliphatic carbocycles. The molecule has 0 saturated heterocycles. The number of hydrazine groups is 1. The molecule has 4 N–H and O–H groups in total. The van der Waals surface area contributed by atoms with E-state index in [0.717, 1.165) is 20.9 Å². The quantitative estimate of drug-likeness (QED) is 0.505. The maximum Gasteiger partial charge on any atom is 0.239 e. The Bertz CT molecular complexity index is 755. The predicted octanol–water partition coefficient (Wildman–Crippen LogP) is 2.82. The minimum Gasteiger partial charge on any atom is -0.339 e.